The molecule has 2 heterocycles. The van der Waals surface area contributed by atoms with Gasteiger partial charge in [0, 0.05) is 35.2 Å². The predicted octanol–water partition coefficient (Wildman–Crippen LogP) is 4.22. The normalized spacial score (nSPS) is 20.6. The van der Waals surface area contributed by atoms with Gasteiger partial charge in [0.05, 0.1) is 32.7 Å². The lowest BCUT2D eigenvalue weighted by Gasteiger charge is -2.36. The number of furan rings is 1. The minimum atomic E-state index is -0.560. The lowest BCUT2D eigenvalue weighted by Crippen LogP contribution is -2.36. The van der Waals surface area contributed by atoms with E-state index < -0.39 is 11.9 Å². The smallest absolute Gasteiger partial charge is 0.336 e. The summed E-state index contributed by atoms with van der Waals surface area (Å²) in [5, 5.41) is 3.32. The standard InChI is InChI=1S/C25H27NO6/c1-5-31-25(28)22-14(2)26-17-11-16(19-7-6-10-32-19)12-18(27)24(17)23(22)15-8-9-20(29-3)21(13-15)30-4/h6-10,13,16,23,26H,5,11-12H2,1-4H3. The van der Waals surface area contributed by atoms with Crippen LogP contribution in [0.15, 0.2) is 63.6 Å². The SMILES string of the molecule is CCOC(=O)C1=C(C)NC2=C(C(=O)CC(c3ccco3)C2)C1c1ccc(OC)c(OC)c1. The van der Waals surface area contributed by atoms with Gasteiger partial charge in [-0.05, 0) is 50.1 Å². The van der Waals surface area contributed by atoms with Gasteiger partial charge in [0.2, 0.25) is 0 Å². The zero-order valence-corrected chi connectivity index (χ0v) is 18.7. The molecule has 1 aromatic carbocycles. The van der Waals surface area contributed by atoms with Crippen LogP contribution in [0.5, 0.6) is 11.5 Å². The Kier molecular flexibility index (Phi) is 6.08. The maximum Gasteiger partial charge on any atom is 0.336 e. The van der Waals surface area contributed by atoms with Crippen LogP contribution in [0, 0.1) is 0 Å². The first-order valence-electron chi connectivity index (χ1n) is 10.6. The maximum atomic E-state index is 13.5. The Morgan fingerprint density at radius 2 is 1.94 bits per heavy atom. The van der Waals surface area contributed by atoms with E-state index in [0.29, 0.717) is 41.2 Å². The number of allylic oxidation sites excluding steroid dienone is 3. The van der Waals surface area contributed by atoms with Crippen molar-refractivity contribution in [3.63, 3.8) is 0 Å². The second kappa shape index (κ2) is 8.94. The Bertz CT molecular complexity index is 1100. The highest BCUT2D eigenvalue weighted by atomic mass is 16.5. The van der Waals surface area contributed by atoms with E-state index in [0.717, 1.165) is 17.0 Å². The molecule has 7 heteroatoms. The van der Waals surface area contributed by atoms with Gasteiger partial charge in [-0.3, -0.25) is 4.79 Å². The minimum absolute atomic E-state index is 0.0192. The molecule has 2 aromatic rings. The third kappa shape index (κ3) is 3.79. The van der Waals surface area contributed by atoms with Gasteiger partial charge in [0.1, 0.15) is 5.76 Å². The fourth-order valence-corrected chi connectivity index (χ4v) is 4.61. The molecule has 0 fully saturated rings. The first kappa shape index (κ1) is 21.7. The second-order valence-corrected chi connectivity index (χ2v) is 7.87. The van der Waals surface area contributed by atoms with Gasteiger partial charge >= 0.3 is 5.97 Å². The van der Waals surface area contributed by atoms with Gasteiger partial charge in [-0.2, -0.15) is 0 Å². The topological polar surface area (TPSA) is 87.0 Å². The molecule has 2 unspecified atom stereocenters. The van der Waals surface area contributed by atoms with Crippen LogP contribution >= 0.6 is 0 Å². The van der Waals surface area contributed by atoms with Crippen LogP contribution in [0.25, 0.3) is 0 Å². The van der Waals surface area contributed by atoms with Crippen molar-refractivity contribution >= 4 is 11.8 Å². The molecule has 0 amide bonds. The highest BCUT2D eigenvalue weighted by molar-refractivity contribution is 6.04. The second-order valence-electron chi connectivity index (χ2n) is 7.87. The summed E-state index contributed by atoms with van der Waals surface area (Å²) in [6.45, 7) is 3.85. The van der Waals surface area contributed by atoms with Gasteiger partial charge < -0.3 is 23.9 Å². The first-order valence-corrected chi connectivity index (χ1v) is 10.6. The number of carbonyl (C=O) groups is 2. The van der Waals surface area contributed by atoms with Crippen molar-refractivity contribution in [3.8, 4) is 11.5 Å². The number of nitrogens with one attached hydrogen (secondary N) is 1. The number of Topliss-reactive ketones (excluding diaryl/α,β-unsaturated/α-hetero) is 1. The summed E-state index contributed by atoms with van der Waals surface area (Å²) in [5.41, 5.74) is 3.28. The molecule has 4 rings (SSSR count). The Hall–Kier alpha value is -3.48. The minimum Gasteiger partial charge on any atom is -0.493 e. The molecule has 1 N–H and O–H groups in total. The van der Waals surface area contributed by atoms with Crippen molar-refractivity contribution in [2.45, 2.75) is 38.5 Å². The molecule has 0 spiro atoms. The quantitative estimate of drug-likeness (QED) is 0.677. The van der Waals surface area contributed by atoms with Crippen molar-refractivity contribution in [3.05, 3.63) is 70.5 Å². The highest BCUT2D eigenvalue weighted by Crippen LogP contribution is 2.47. The van der Waals surface area contributed by atoms with Crippen molar-refractivity contribution < 1.29 is 28.2 Å². The molecule has 32 heavy (non-hydrogen) atoms. The number of hydrogen-bond acceptors (Lipinski definition) is 7. The van der Waals surface area contributed by atoms with Gasteiger partial charge in [0.25, 0.3) is 0 Å². The number of benzene rings is 1. The van der Waals surface area contributed by atoms with Crippen molar-refractivity contribution in [1.29, 1.82) is 0 Å². The summed E-state index contributed by atoms with van der Waals surface area (Å²) in [6.07, 6.45) is 2.55. The molecule has 2 atom stereocenters. The average molecular weight is 437 g/mol. The van der Waals surface area contributed by atoms with Gasteiger partial charge in [-0.15, -0.1) is 0 Å². The number of ether oxygens (including phenoxy) is 3. The monoisotopic (exact) mass is 437 g/mol. The molecule has 1 aliphatic carbocycles. The fourth-order valence-electron chi connectivity index (χ4n) is 4.61. The molecule has 168 valence electrons. The molecule has 1 aliphatic heterocycles. The molecule has 1 aromatic heterocycles. The Balaban J connectivity index is 1.84. The lowest BCUT2D eigenvalue weighted by molar-refractivity contribution is -0.138. The molecular formula is C25H27NO6. The van der Waals surface area contributed by atoms with E-state index >= 15 is 0 Å². The Morgan fingerprint density at radius 1 is 1.16 bits per heavy atom. The maximum absolute atomic E-state index is 13.5. The van der Waals surface area contributed by atoms with Crippen molar-refractivity contribution in [2.24, 2.45) is 0 Å². The zero-order valence-electron chi connectivity index (χ0n) is 18.7. The van der Waals surface area contributed by atoms with Gasteiger partial charge in [0.15, 0.2) is 17.3 Å². The Morgan fingerprint density at radius 3 is 2.59 bits per heavy atom. The van der Waals surface area contributed by atoms with Crippen LogP contribution in [-0.2, 0) is 14.3 Å². The third-order valence-electron chi connectivity index (χ3n) is 6.01. The summed E-state index contributed by atoms with van der Waals surface area (Å²) in [7, 11) is 3.12. The summed E-state index contributed by atoms with van der Waals surface area (Å²) in [6, 6.07) is 9.19. The van der Waals surface area contributed by atoms with E-state index in [9.17, 15) is 9.59 Å². The van der Waals surface area contributed by atoms with Gasteiger partial charge in [-0.25, -0.2) is 4.79 Å². The van der Waals surface area contributed by atoms with Crippen LogP contribution < -0.4 is 14.8 Å². The van der Waals surface area contributed by atoms with E-state index in [1.54, 1.807) is 33.5 Å². The van der Waals surface area contributed by atoms with E-state index in [4.69, 9.17) is 18.6 Å². The number of hydrogen-bond donors (Lipinski definition) is 1. The van der Waals surface area contributed by atoms with Crippen LogP contribution in [0.3, 0.4) is 0 Å². The predicted molar refractivity (Wildman–Crippen MR) is 117 cm³/mol. The molecule has 0 saturated carbocycles. The van der Waals surface area contributed by atoms with Crippen molar-refractivity contribution in [1.82, 2.24) is 5.32 Å². The van der Waals surface area contributed by atoms with Crippen LogP contribution in [0.1, 0.15) is 49.8 Å². The third-order valence-corrected chi connectivity index (χ3v) is 6.01. The molecule has 0 radical (unpaired) electrons. The summed E-state index contributed by atoms with van der Waals surface area (Å²) in [5.74, 6) is 0.821. The molecule has 2 aliphatic rings. The molecular weight excluding hydrogens is 410 g/mol. The number of dihydropyridines is 1. The highest BCUT2D eigenvalue weighted by Gasteiger charge is 2.42. The number of carbonyl (C=O) groups excluding carboxylic acids is 2. The number of ketones is 1. The fraction of sp³-hybridized carbons (Fsp3) is 0.360. The van der Waals surface area contributed by atoms with Crippen LogP contribution in [0.2, 0.25) is 0 Å². The Labute approximate surface area is 187 Å². The van der Waals surface area contributed by atoms with E-state index in [1.807, 2.05) is 31.2 Å². The number of rotatable bonds is 6. The van der Waals surface area contributed by atoms with Crippen LogP contribution in [0.4, 0.5) is 0 Å². The van der Waals surface area contributed by atoms with Crippen molar-refractivity contribution in [2.75, 3.05) is 20.8 Å². The largest absolute Gasteiger partial charge is 0.493 e. The van der Waals surface area contributed by atoms with Crippen LogP contribution in [-0.4, -0.2) is 32.6 Å². The zero-order chi connectivity index (χ0) is 22.8. The summed E-state index contributed by atoms with van der Waals surface area (Å²) >= 11 is 0. The van der Waals surface area contributed by atoms with E-state index in [-0.39, 0.29) is 18.3 Å². The average Bonchev–Trinajstić information content (AvgIpc) is 3.32. The first-order chi connectivity index (χ1) is 15.5. The van der Waals surface area contributed by atoms with E-state index in [2.05, 4.69) is 5.32 Å². The van der Waals surface area contributed by atoms with E-state index in [1.165, 1.54) is 0 Å². The van der Waals surface area contributed by atoms with Gasteiger partial charge in [-0.1, -0.05) is 6.07 Å². The summed E-state index contributed by atoms with van der Waals surface area (Å²) in [4.78, 5) is 26.4. The molecule has 0 bridgehead atoms. The molecule has 7 nitrogen and oxygen atoms in total. The summed E-state index contributed by atoms with van der Waals surface area (Å²) < 4.78 is 21.8. The number of esters is 1. The lowest BCUT2D eigenvalue weighted by atomic mass is 9.72. The molecule has 0 saturated heterocycles. The number of methoxy groups -OCH3 is 2.